The number of aromatic nitrogens is 1. The predicted molar refractivity (Wildman–Crippen MR) is 68.4 cm³/mol. The maximum Gasteiger partial charge on any atom is 0.433 e. The zero-order valence-electron chi connectivity index (χ0n) is 11.4. The second-order valence-corrected chi connectivity index (χ2v) is 4.77. The van der Waals surface area contributed by atoms with Gasteiger partial charge in [0.15, 0.2) is 0 Å². The molecule has 0 aromatic carbocycles. The van der Waals surface area contributed by atoms with Crippen molar-refractivity contribution >= 4 is 11.8 Å². The Balaban J connectivity index is 3.01. The van der Waals surface area contributed by atoms with E-state index in [2.05, 4.69) is 10.3 Å². The molecule has 1 heterocycles. The van der Waals surface area contributed by atoms with Gasteiger partial charge >= 0.3 is 12.1 Å². The van der Waals surface area contributed by atoms with Crippen molar-refractivity contribution in [1.29, 1.82) is 5.26 Å². The Bertz CT molecular complexity index is 565. The Kier molecular flexibility index (Phi) is 5.13. The predicted octanol–water partition coefficient (Wildman–Crippen LogP) is 2.74. The summed E-state index contributed by atoms with van der Waals surface area (Å²) in [6.45, 7) is 3.26. The SMILES string of the molecule is CC(C)C(CNc1nc(C(F)(F)F)ccc1C#N)C(=O)O. The van der Waals surface area contributed by atoms with E-state index in [0.29, 0.717) is 6.07 Å². The Morgan fingerprint density at radius 2 is 2.10 bits per heavy atom. The van der Waals surface area contributed by atoms with Crippen LogP contribution in [-0.2, 0) is 11.0 Å². The maximum absolute atomic E-state index is 12.6. The van der Waals surface area contributed by atoms with Gasteiger partial charge in [0.25, 0.3) is 0 Å². The van der Waals surface area contributed by atoms with Crippen LogP contribution in [0, 0.1) is 23.2 Å². The summed E-state index contributed by atoms with van der Waals surface area (Å²) in [5, 5.41) is 20.4. The molecule has 0 spiro atoms. The largest absolute Gasteiger partial charge is 0.481 e. The molecule has 8 heteroatoms. The van der Waals surface area contributed by atoms with Crippen LogP contribution >= 0.6 is 0 Å². The number of carbonyl (C=O) groups is 1. The average molecular weight is 301 g/mol. The Morgan fingerprint density at radius 1 is 1.48 bits per heavy atom. The highest BCUT2D eigenvalue weighted by atomic mass is 19.4. The van der Waals surface area contributed by atoms with E-state index in [-0.39, 0.29) is 23.8 Å². The summed E-state index contributed by atoms with van der Waals surface area (Å²) < 4.78 is 37.8. The molecule has 1 aromatic rings. The number of nitrogens with one attached hydrogen (secondary N) is 1. The minimum atomic E-state index is -4.63. The number of carboxylic acid groups (broad SMARTS) is 1. The topological polar surface area (TPSA) is 86.0 Å². The Morgan fingerprint density at radius 3 is 2.52 bits per heavy atom. The van der Waals surface area contributed by atoms with Crippen LogP contribution in [0.2, 0.25) is 0 Å². The van der Waals surface area contributed by atoms with Crippen molar-refractivity contribution in [3.8, 4) is 6.07 Å². The summed E-state index contributed by atoms with van der Waals surface area (Å²) in [4.78, 5) is 14.4. The highest BCUT2D eigenvalue weighted by Gasteiger charge is 2.33. The minimum Gasteiger partial charge on any atom is -0.481 e. The number of anilines is 1. The summed E-state index contributed by atoms with van der Waals surface area (Å²) in [5.74, 6) is -2.35. The van der Waals surface area contributed by atoms with E-state index < -0.39 is 23.8 Å². The number of aliphatic carboxylic acids is 1. The fourth-order valence-electron chi connectivity index (χ4n) is 1.66. The summed E-state index contributed by atoms with van der Waals surface area (Å²) >= 11 is 0. The fraction of sp³-hybridized carbons (Fsp3) is 0.462. The number of rotatable bonds is 5. The number of halogens is 3. The lowest BCUT2D eigenvalue weighted by molar-refractivity contribution is -0.143. The lowest BCUT2D eigenvalue weighted by Crippen LogP contribution is -2.28. The smallest absolute Gasteiger partial charge is 0.433 e. The van der Waals surface area contributed by atoms with Crippen molar-refractivity contribution < 1.29 is 23.1 Å². The Hall–Kier alpha value is -2.30. The van der Waals surface area contributed by atoms with Crippen LogP contribution in [0.5, 0.6) is 0 Å². The van der Waals surface area contributed by atoms with E-state index in [1.54, 1.807) is 19.9 Å². The van der Waals surface area contributed by atoms with Gasteiger partial charge in [-0.05, 0) is 18.1 Å². The number of alkyl halides is 3. The van der Waals surface area contributed by atoms with Gasteiger partial charge in [0.05, 0.1) is 11.5 Å². The molecule has 0 saturated carbocycles. The first-order valence-electron chi connectivity index (χ1n) is 6.11. The summed E-state index contributed by atoms with van der Waals surface area (Å²) in [6.07, 6.45) is -4.63. The number of hydrogen-bond acceptors (Lipinski definition) is 4. The number of carboxylic acids is 1. The van der Waals surface area contributed by atoms with E-state index in [4.69, 9.17) is 10.4 Å². The molecule has 0 aliphatic heterocycles. The third kappa shape index (κ3) is 4.34. The molecular weight excluding hydrogens is 287 g/mol. The number of pyridine rings is 1. The molecular formula is C13H14F3N3O2. The standard InChI is InChI=1S/C13H14F3N3O2/c1-7(2)9(12(20)21)6-18-11-8(5-17)3-4-10(19-11)13(14,15)16/h3-4,7,9H,6H2,1-2H3,(H,18,19)(H,20,21). The van der Waals surface area contributed by atoms with Crippen molar-refractivity contribution in [2.75, 3.05) is 11.9 Å². The molecule has 0 aliphatic rings. The van der Waals surface area contributed by atoms with Crippen LogP contribution in [0.4, 0.5) is 19.0 Å². The van der Waals surface area contributed by atoms with Crippen LogP contribution in [0.15, 0.2) is 12.1 Å². The van der Waals surface area contributed by atoms with Crippen LogP contribution in [-0.4, -0.2) is 22.6 Å². The Labute approximate surface area is 119 Å². The molecule has 0 aliphatic carbocycles. The zero-order chi connectivity index (χ0) is 16.2. The molecule has 114 valence electrons. The average Bonchev–Trinajstić information content (AvgIpc) is 2.36. The van der Waals surface area contributed by atoms with Crippen LogP contribution in [0.1, 0.15) is 25.1 Å². The van der Waals surface area contributed by atoms with Crippen LogP contribution < -0.4 is 5.32 Å². The summed E-state index contributed by atoms with van der Waals surface area (Å²) in [7, 11) is 0. The number of nitrogens with zero attached hydrogens (tertiary/aromatic N) is 2. The second kappa shape index (κ2) is 6.43. The quantitative estimate of drug-likeness (QED) is 0.873. The molecule has 1 unspecified atom stereocenters. The molecule has 0 fully saturated rings. The van der Waals surface area contributed by atoms with Gasteiger partial charge in [-0.1, -0.05) is 13.8 Å². The van der Waals surface area contributed by atoms with Gasteiger partial charge in [0.2, 0.25) is 0 Å². The van der Waals surface area contributed by atoms with Gasteiger partial charge in [-0.3, -0.25) is 4.79 Å². The maximum atomic E-state index is 12.6. The molecule has 1 aromatic heterocycles. The highest BCUT2D eigenvalue weighted by Crippen LogP contribution is 2.29. The van der Waals surface area contributed by atoms with Crippen molar-refractivity contribution in [2.45, 2.75) is 20.0 Å². The van der Waals surface area contributed by atoms with Crippen molar-refractivity contribution in [2.24, 2.45) is 11.8 Å². The van der Waals surface area contributed by atoms with Gasteiger partial charge < -0.3 is 10.4 Å². The molecule has 0 radical (unpaired) electrons. The highest BCUT2D eigenvalue weighted by molar-refractivity contribution is 5.71. The monoisotopic (exact) mass is 301 g/mol. The third-order valence-electron chi connectivity index (χ3n) is 2.92. The van der Waals surface area contributed by atoms with Crippen molar-refractivity contribution in [3.05, 3.63) is 23.4 Å². The summed E-state index contributed by atoms with van der Waals surface area (Å²) in [6, 6.07) is 3.43. The molecule has 0 amide bonds. The van der Waals surface area contributed by atoms with E-state index in [0.717, 1.165) is 6.07 Å². The van der Waals surface area contributed by atoms with Crippen LogP contribution in [0.25, 0.3) is 0 Å². The van der Waals surface area contributed by atoms with E-state index >= 15 is 0 Å². The van der Waals surface area contributed by atoms with Gasteiger partial charge in [-0.15, -0.1) is 0 Å². The first-order valence-corrected chi connectivity index (χ1v) is 6.11. The lowest BCUT2D eigenvalue weighted by atomic mass is 9.96. The van der Waals surface area contributed by atoms with Crippen molar-refractivity contribution in [3.63, 3.8) is 0 Å². The number of nitriles is 1. The minimum absolute atomic E-state index is 0.0732. The number of hydrogen-bond donors (Lipinski definition) is 2. The molecule has 1 atom stereocenters. The first kappa shape index (κ1) is 16.8. The van der Waals surface area contributed by atoms with Gasteiger partial charge in [-0.2, -0.15) is 18.4 Å². The van der Waals surface area contributed by atoms with E-state index in [1.165, 1.54) is 0 Å². The first-order chi connectivity index (χ1) is 9.66. The van der Waals surface area contributed by atoms with Gasteiger partial charge in [0, 0.05) is 6.54 Å². The molecule has 1 rings (SSSR count). The zero-order valence-corrected chi connectivity index (χ0v) is 11.4. The van der Waals surface area contributed by atoms with E-state index in [1.807, 2.05) is 0 Å². The molecule has 2 N–H and O–H groups in total. The molecule has 0 bridgehead atoms. The van der Waals surface area contributed by atoms with Gasteiger partial charge in [0.1, 0.15) is 17.6 Å². The molecule has 0 saturated heterocycles. The normalized spacial score (nSPS) is 12.8. The third-order valence-corrected chi connectivity index (χ3v) is 2.92. The van der Waals surface area contributed by atoms with Crippen molar-refractivity contribution in [1.82, 2.24) is 4.98 Å². The van der Waals surface area contributed by atoms with Gasteiger partial charge in [-0.25, -0.2) is 4.98 Å². The fourth-order valence-corrected chi connectivity index (χ4v) is 1.66. The second-order valence-electron chi connectivity index (χ2n) is 4.77. The van der Waals surface area contributed by atoms with E-state index in [9.17, 15) is 18.0 Å². The lowest BCUT2D eigenvalue weighted by Gasteiger charge is -2.18. The van der Waals surface area contributed by atoms with Crippen LogP contribution in [0.3, 0.4) is 0 Å². The molecule has 21 heavy (non-hydrogen) atoms. The summed E-state index contributed by atoms with van der Waals surface area (Å²) in [5.41, 5.74) is -1.21. The molecule has 5 nitrogen and oxygen atoms in total.